The molecule has 0 radical (unpaired) electrons. The van der Waals surface area contributed by atoms with Gasteiger partial charge in [0.1, 0.15) is 12.1 Å². The summed E-state index contributed by atoms with van der Waals surface area (Å²) >= 11 is 5.95. The molecule has 2 aromatic carbocycles. The summed E-state index contributed by atoms with van der Waals surface area (Å²) in [6, 6.07) is 8.08. The molecule has 0 bridgehead atoms. The van der Waals surface area contributed by atoms with E-state index in [9.17, 15) is 14.0 Å². The smallest absolute Gasteiger partial charge is 0.346 e. The first-order valence-corrected chi connectivity index (χ1v) is 6.24. The summed E-state index contributed by atoms with van der Waals surface area (Å²) in [6.45, 7) is 0. The summed E-state index contributed by atoms with van der Waals surface area (Å²) in [7, 11) is 1.33. The molecular weight excluding hydrogens is 299 g/mol. The standard InChI is InChI=1S/C15H10ClFO4/c1-20-13-7-9(8-18)6-11(16)14(13)21-15(19)10-4-2-3-5-12(10)17/h2-8H,1H3. The number of methoxy groups -OCH3 is 1. The Morgan fingerprint density at radius 3 is 2.62 bits per heavy atom. The molecule has 0 fully saturated rings. The van der Waals surface area contributed by atoms with Gasteiger partial charge in [-0.3, -0.25) is 4.79 Å². The number of benzene rings is 2. The maximum Gasteiger partial charge on any atom is 0.346 e. The number of halogens is 2. The Morgan fingerprint density at radius 2 is 2.00 bits per heavy atom. The topological polar surface area (TPSA) is 52.6 Å². The van der Waals surface area contributed by atoms with Crippen molar-refractivity contribution in [1.82, 2.24) is 0 Å². The van der Waals surface area contributed by atoms with Crippen LogP contribution in [-0.2, 0) is 0 Å². The Labute approximate surface area is 125 Å². The molecule has 2 rings (SSSR count). The summed E-state index contributed by atoms with van der Waals surface area (Å²) in [5, 5.41) is 0.0149. The fourth-order valence-electron chi connectivity index (χ4n) is 1.68. The van der Waals surface area contributed by atoms with Crippen LogP contribution in [0, 0.1) is 5.82 Å². The van der Waals surface area contributed by atoms with Gasteiger partial charge in [-0.15, -0.1) is 0 Å². The highest BCUT2D eigenvalue weighted by Gasteiger charge is 2.19. The van der Waals surface area contributed by atoms with Gasteiger partial charge in [0.2, 0.25) is 0 Å². The molecule has 108 valence electrons. The van der Waals surface area contributed by atoms with Gasteiger partial charge in [-0.1, -0.05) is 23.7 Å². The molecular formula is C15H10ClFO4. The number of ether oxygens (including phenoxy) is 2. The minimum absolute atomic E-state index is 0.0149. The van der Waals surface area contributed by atoms with Crippen LogP contribution in [0.25, 0.3) is 0 Å². The number of esters is 1. The van der Waals surface area contributed by atoms with Crippen molar-refractivity contribution in [2.75, 3.05) is 7.11 Å². The van der Waals surface area contributed by atoms with Crippen LogP contribution >= 0.6 is 11.6 Å². The van der Waals surface area contributed by atoms with Crippen molar-refractivity contribution in [2.24, 2.45) is 0 Å². The zero-order valence-electron chi connectivity index (χ0n) is 10.9. The molecule has 0 spiro atoms. The zero-order valence-corrected chi connectivity index (χ0v) is 11.7. The van der Waals surface area contributed by atoms with Gasteiger partial charge >= 0.3 is 5.97 Å². The van der Waals surface area contributed by atoms with Crippen LogP contribution in [0.15, 0.2) is 36.4 Å². The number of carbonyl (C=O) groups excluding carboxylic acids is 2. The van der Waals surface area contributed by atoms with Gasteiger partial charge in [-0.2, -0.15) is 0 Å². The van der Waals surface area contributed by atoms with Crippen molar-refractivity contribution in [3.8, 4) is 11.5 Å². The van der Waals surface area contributed by atoms with Crippen LogP contribution < -0.4 is 9.47 Å². The van der Waals surface area contributed by atoms with Gasteiger partial charge in [0.05, 0.1) is 17.7 Å². The summed E-state index contributed by atoms with van der Waals surface area (Å²) in [5.74, 6) is -1.58. The molecule has 0 amide bonds. The molecule has 0 aliphatic carbocycles. The minimum atomic E-state index is -0.910. The molecule has 0 N–H and O–H groups in total. The van der Waals surface area contributed by atoms with Crippen molar-refractivity contribution in [2.45, 2.75) is 0 Å². The van der Waals surface area contributed by atoms with Gasteiger partial charge in [-0.25, -0.2) is 9.18 Å². The largest absolute Gasteiger partial charge is 0.493 e. The molecule has 0 saturated carbocycles. The quantitative estimate of drug-likeness (QED) is 0.492. The Morgan fingerprint density at radius 1 is 1.29 bits per heavy atom. The fourth-order valence-corrected chi connectivity index (χ4v) is 1.94. The Bertz CT molecular complexity index is 700. The Balaban J connectivity index is 2.38. The lowest BCUT2D eigenvalue weighted by atomic mass is 10.2. The zero-order chi connectivity index (χ0) is 15.4. The van der Waals surface area contributed by atoms with Crippen LogP contribution in [0.5, 0.6) is 11.5 Å². The maximum absolute atomic E-state index is 13.5. The number of aldehydes is 1. The van der Waals surface area contributed by atoms with Gasteiger partial charge in [-0.05, 0) is 24.3 Å². The highest BCUT2D eigenvalue weighted by molar-refractivity contribution is 6.32. The number of hydrogen-bond donors (Lipinski definition) is 0. The molecule has 0 unspecified atom stereocenters. The third-order valence-corrected chi connectivity index (χ3v) is 2.96. The summed E-state index contributed by atoms with van der Waals surface area (Å²) in [5.41, 5.74) is 0.0395. The van der Waals surface area contributed by atoms with E-state index < -0.39 is 11.8 Å². The van der Waals surface area contributed by atoms with Gasteiger partial charge < -0.3 is 9.47 Å². The second-order valence-electron chi connectivity index (χ2n) is 4.02. The molecule has 21 heavy (non-hydrogen) atoms. The lowest BCUT2D eigenvalue weighted by molar-refractivity contribution is 0.0725. The van der Waals surface area contributed by atoms with Gasteiger partial charge in [0, 0.05) is 5.56 Å². The number of hydrogen-bond acceptors (Lipinski definition) is 4. The van der Waals surface area contributed by atoms with E-state index in [4.69, 9.17) is 21.1 Å². The number of rotatable bonds is 4. The van der Waals surface area contributed by atoms with Gasteiger partial charge in [0.25, 0.3) is 0 Å². The molecule has 0 saturated heterocycles. The first-order valence-electron chi connectivity index (χ1n) is 5.86. The van der Waals surface area contributed by atoms with Crippen molar-refractivity contribution in [3.05, 3.63) is 58.4 Å². The van der Waals surface area contributed by atoms with E-state index in [1.165, 1.54) is 37.4 Å². The molecule has 0 aromatic heterocycles. The molecule has 0 aliphatic rings. The predicted molar refractivity (Wildman–Crippen MR) is 74.8 cm³/mol. The second kappa shape index (κ2) is 6.37. The van der Waals surface area contributed by atoms with E-state index in [1.54, 1.807) is 0 Å². The predicted octanol–water partition coefficient (Wildman–Crippen LogP) is 3.52. The summed E-state index contributed by atoms with van der Waals surface area (Å²) in [6.07, 6.45) is 0.580. The third-order valence-electron chi connectivity index (χ3n) is 2.68. The Hall–Kier alpha value is -2.40. The molecule has 2 aromatic rings. The first-order chi connectivity index (χ1) is 10.1. The van der Waals surface area contributed by atoms with Gasteiger partial charge in [0.15, 0.2) is 11.5 Å². The van der Waals surface area contributed by atoms with Crippen molar-refractivity contribution in [3.63, 3.8) is 0 Å². The van der Waals surface area contributed by atoms with Crippen molar-refractivity contribution >= 4 is 23.9 Å². The maximum atomic E-state index is 13.5. The Kier molecular flexibility index (Phi) is 4.55. The minimum Gasteiger partial charge on any atom is -0.493 e. The number of carbonyl (C=O) groups is 2. The SMILES string of the molecule is COc1cc(C=O)cc(Cl)c1OC(=O)c1ccccc1F. The van der Waals surface area contributed by atoms with E-state index in [2.05, 4.69) is 0 Å². The van der Waals surface area contributed by atoms with E-state index >= 15 is 0 Å². The average molecular weight is 309 g/mol. The molecule has 0 heterocycles. The molecule has 0 aliphatic heterocycles. The van der Waals surface area contributed by atoms with Crippen LogP contribution in [-0.4, -0.2) is 19.4 Å². The fraction of sp³-hybridized carbons (Fsp3) is 0.0667. The lowest BCUT2D eigenvalue weighted by Crippen LogP contribution is -2.11. The van der Waals surface area contributed by atoms with E-state index in [0.29, 0.717) is 6.29 Å². The highest BCUT2D eigenvalue weighted by atomic mass is 35.5. The van der Waals surface area contributed by atoms with Crippen LogP contribution in [0.3, 0.4) is 0 Å². The van der Waals surface area contributed by atoms with Crippen molar-refractivity contribution in [1.29, 1.82) is 0 Å². The van der Waals surface area contributed by atoms with E-state index in [1.807, 2.05) is 0 Å². The van der Waals surface area contributed by atoms with E-state index in [-0.39, 0.29) is 27.6 Å². The summed E-state index contributed by atoms with van der Waals surface area (Å²) in [4.78, 5) is 22.7. The third kappa shape index (κ3) is 3.20. The molecule has 0 atom stereocenters. The summed E-state index contributed by atoms with van der Waals surface area (Å²) < 4.78 is 23.6. The first kappa shape index (κ1) is 15.0. The monoisotopic (exact) mass is 308 g/mol. The normalized spacial score (nSPS) is 10.0. The van der Waals surface area contributed by atoms with Crippen LogP contribution in [0.4, 0.5) is 4.39 Å². The van der Waals surface area contributed by atoms with Crippen molar-refractivity contribution < 1.29 is 23.5 Å². The second-order valence-corrected chi connectivity index (χ2v) is 4.43. The van der Waals surface area contributed by atoms with Crippen LogP contribution in [0.1, 0.15) is 20.7 Å². The molecule has 4 nitrogen and oxygen atoms in total. The van der Waals surface area contributed by atoms with Crippen LogP contribution in [0.2, 0.25) is 5.02 Å². The highest BCUT2D eigenvalue weighted by Crippen LogP contribution is 2.36. The average Bonchev–Trinajstić information content (AvgIpc) is 2.49. The molecule has 6 heteroatoms. The van der Waals surface area contributed by atoms with E-state index in [0.717, 1.165) is 6.07 Å². The lowest BCUT2D eigenvalue weighted by Gasteiger charge is -2.11.